The molecule has 3 nitrogen and oxygen atoms in total. The first kappa shape index (κ1) is 17.1. The Morgan fingerprint density at radius 2 is 1.70 bits per heavy atom. The molecule has 2 aromatic rings. The number of nitrogens with one attached hydrogen (secondary N) is 1. The monoisotopic (exact) mass is 311 g/mol. The van der Waals surface area contributed by atoms with Crippen LogP contribution >= 0.6 is 0 Å². The third kappa shape index (κ3) is 4.85. The molecule has 3 heteroatoms. The molecule has 0 saturated carbocycles. The maximum atomic E-state index is 12.3. The van der Waals surface area contributed by atoms with Crippen LogP contribution < -0.4 is 10.1 Å². The Kier molecular flexibility index (Phi) is 6.21. The van der Waals surface area contributed by atoms with Crippen molar-refractivity contribution >= 4 is 5.91 Å². The number of ether oxygens (including phenoxy) is 1. The van der Waals surface area contributed by atoms with E-state index in [0.29, 0.717) is 12.2 Å². The summed E-state index contributed by atoms with van der Waals surface area (Å²) in [7, 11) is 0. The molecule has 0 unspecified atom stereocenters. The zero-order valence-corrected chi connectivity index (χ0v) is 14.1. The quantitative estimate of drug-likeness (QED) is 0.816. The highest BCUT2D eigenvalue weighted by Crippen LogP contribution is 2.16. The van der Waals surface area contributed by atoms with Crippen LogP contribution in [0.3, 0.4) is 0 Å². The van der Waals surface area contributed by atoms with Crippen molar-refractivity contribution in [3.8, 4) is 5.75 Å². The van der Waals surface area contributed by atoms with E-state index in [1.54, 1.807) is 12.1 Å². The van der Waals surface area contributed by atoms with Crippen molar-refractivity contribution in [2.24, 2.45) is 0 Å². The molecule has 1 amide bonds. The largest absolute Gasteiger partial charge is 0.494 e. The number of rotatable bonds is 7. The second kappa shape index (κ2) is 8.37. The van der Waals surface area contributed by atoms with Gasteiger partial charge in [0.1, 0.15) is 5.75 Å². The highest BCUT2D eigenvalue weighted by Gasteiger charge is 2.11. The van der Waals surface area contributed by atoms with Crippen molar-refractivity contribution < 1.29 is 9.53 Å². The Bertz CT molecular complexity index is 617. The Morgan fingerprint density at radius 3 is 2.26 bits per heavy atom. The predicted molar refractivity (Wildman–Crippen MR) is 93.9 cm³/mol. The minimum absolute atomic E-state index is 0.0237. The number of hydrogen-bond donors (Lipinski definition) is 1. The zero-order valence-electron chi connectivity index (χ0n) is 14.1. The van der Waals surface area contributed by atoms with E-state index in [4.69, 9.17) is 4.74 Å². The summed E-state index contributed by atoms with van der Waals surface area (Å²) in [6.07, 6.45) is 1.99. The van der Waals surface area contributed by atoms with Crippen molar-refractivity contribution in [2.75, 3.05) is 6.61 Å². The smallest absolute Gasteiger partial charge is 0.251 e. The molecule has 0 bridgehead atoms. The Balaban J connectivity index is 1.97. The van der Waals surface area contributed by atoms with E-state index in [1.807, 2.05) is 19.1 Å². The minimum atomic E-state index is -0.0703. The first-order valence-corrected chi connectivity index (χ1v) is 8.26. The van der Waals surface area contributed by atoms with Crippen molar-refractivity contribution in [3.05, 3.63) is 65.2 Å². The Labute approximate surface area is 138 Å². The highest BCUT2D eigenvalue weighted by molar-refractivity contribution is 5.94. The zero-order chi connectivity index (χ0) is 16.7. The van der Waals surface area contributed by atoms with Crippen LogP contribution in [0.4, 0.5) is 0 Å². The number of aryl methyl sites for hydroxylation is 1. The van der Waals surface area contributed by atoms with Gasteiger partial charge in [0.15, 0.2) is 0 Å². The first-order chi connectivity index (χ1) is 11.1. The normalized spacial score (nSPS) is 11.8. The topological polar surface area (TPSA) is 38.3 Å². The van der Waals surface area contributed by atoms with Crippen molar-refractivity contribution in [3.63, 3.8) is 0 Å². The fourth-order valence-corrected chi connectivity index (χ4v) is 2.33. The molecule has 0 aliphatic heterocycles. The summed E-state index contributed by atoms with van der Waals surface area (Å²) in [4.78, 5) is 12.3. The molecule has 0 spiro atoms. The van der Waals surface area contributed by atoms with Gasteiger partial charge >= 0.3 is 0 Å². The molecule has 0 fully saturated rings. The van der Waals surface area contributed by atoms with Gasteiger partial charge in [-0.05, 0) is 55.2 Å². The minimum Gasteiger partial charge on any atom is -0.494 e. The molecule has 23 heavy (non-hydrogen) atoms. The van der Waals surface area contributed by atoms with Crippen molar-refractivity contribution in [2.45, 2.75) is 39.7 Å². The lowest BCUT2D eigenvalue weighted by atomic mass is 10.0. The van der Waals surface area contributed by atoms with Gasteiger partial charge in [0.25, 0.3) is 5.91 Å². The molecular formula is C20H25NO2. The lowest BCUT2D eigenvalue weighted by Crippen LogP contribution is -2.26. The Morgan fingerprint density at radius 1 is 1.04 bits per heavy atom. The number of benzene rings is 2. The maximum absolute atomic E-state index is 12.3. The molecule has 0 radical (unpaired) electrons. The Hall–Kier alpha value is -2.29. The standard InChI is InChI=1S/C20H25NO2/c1-4-14-23-19-12-10-18(11-13-19)20(22)21-15(3)17-8-6-16(5-2)7-9-17/h6-13,15H,4-5,14H2,1-3H3,(H,21,22)/t15-/m1/s1. The third-order valence-corrected chi connectivity index (χ3v) is 3.82. The molecular weight excluding hydrogens is 286 g/mol. The van der Waals surface area contributed by atoms with Gasteiger partial charge < -0.3 is 10.1 Å². The molecule has 0 heterocycles. The van der Waals surface area contributed by atoms with Crippen molar-refractivity contribution in [1.82, 2.24) is 5.32 Å². The van der Waals surface area contributed by atoms with Gasteiger partial charge in [0.2, 0.25) is 0 Å². The molecule has 1 N–H and O–H groups in total. The summed E-state index contributed by atoms with van der Waals surface area (Å²) in [6.45, 7) is 6.89. The molecule has 0 aliphatic carbocycles. The lowest BCUT2D eigenvalue weighted by molar-refractivity contribution is 0.0940. The number of carbonyl (C=O) groups is 1. The number of amides is 1. The fourth-order valence-electron chi connectivity index (χ4n) is 2.33. The molecule has 2 aromatic carbocycles. The second-order valence-corrected chi connectivity index (χ2v) is 5.66. The van der Waals surface area contributed by atoms with E-state index in [2.05, 4.69) is 43.4 Å². The number of carbonyl (C=O) groups excluding carboxylic acids is 1. The van der Waals surface area contributed by atoms with Crippen LogP contribution in [0.2, 0.25) is 0 Å². The van der Waals surface area contributed by atoms with Gasteiger partial charge in [-0.2, -0.15) is 0 Å². The van der Waals surface area contributed by atoms with Gasteiger partial charge in [0, 0.05) is 5.56 Å². The van der Waals surface area contributed by atoms with Crippen molar-refractivity contribution in [1.29, 1.82) is 0 Å². The van der Waals surface area contributed by atoms with Gasteiger partial charge in [-0.1, -0.05) is 38.1 Å². The van der Waals surface area contributed by atoms with E-state index in [1.165, 1.54) is 5.56 Å². The van der Waals surface area contributed by atoms with Gasteiger partial charge in [-0.15, -0.1) is 0 Å². The van der Waals surface area contributed by atoms with E-state index in [-0.39, 0.29) is 11.9 Å². The SMILES string of the molecule is CCCOc1ccc(C(=O)N[C@H](C)c2ccc(CC)cc2)cc1. The van der Waals surface area contributed by atoms with Crippen LogP contribution in [-0.2, 0) is 6.42 Å². The summed E-state index contributed by atoms with van der Waals surface area (Å²) in [5.41, 5.74) is 3.05. The first-order valence-electron chi connectivity index (χ1n) is 8.26. The summed E-state index contributed by atoms with van der Waals surface area (Å²) >= 11 is 0. The van der Waals surface area contributed by atoms with Gasteiger partial charge in [-0.25, -0.2) is 0 Å². The summed E-state index contributed by atoms with van der Waals surface area (Å²) in [5, 5.41) is 3.03. The molecule has 0 saturated heterocycles. The maximum Gasteiger partial charge on any atom is 0.251 e. The molecule has 0 aliphatic rings. The predicted octanol–water partition coefficient (Wildman–Crippen LogP) is 4.53. The average Bonchev–Trinajstić information content (AvgIpc) is 2.60. The van der Waals surface area contributed by atoms with Crippen LogP contribution in [0.5, 0.6) is 5.75 Å². The summed E-state index contributed by atoms with van der Waals surface area (Å²) < 4.78 is 5.53. The fraction of sp³-hybridized carbons (Fsp3) is 0.350. The summed E-state index contributed by atoms with van der Waals surface area (Å²) in [5.74, 6) is 0.728. The molecule has 2 rings (SSSR count). The van der Waals surface area contributed by atoms with E-state index < -0.39 is 0 Å². The van der Waals surface area contributed by atoms with Crippen LogP contribution in [0, 0.1) is 0 Å². The summed E-state index contributed by atoms with van der Waals surface area (Å²) in [6, 6.07) is 15.6. The third-order valence-electron chi connectivity index (χ3n) is 3.82. The van der Waals surface area contributed by atoms with Crippen LogP contribution in [0.15, 0.2) is 48.5 Å². The van der Waals surface area contributed by atoms with Crippen LogP contribution in [-0.4, -0.2) is 12.5 Å². The average molecular weight is 311 g/mol. The highest BCUT2D eigenvalue weighted by atomic mass is 16.5. The van der Waals surface area contributed by atoms with Crippen LogP contribution in [0.25, 0.3) is 0 Å². The van der Waals surface area contributed by atoms with E-state index >= 15 is 0 Å². The number of hydrogen-bond acceptors (Lipinski definition) is 2. The molecule has 0 aromatic heterocycles. The molecule has 122 valence electrons. The lowest BCUT2D eigenvalue weighted by Gasteiger charge is -2.15. The second-order valence-electron chi connectivity index (χ2n) is 5.66. The van der Waals surface area contributed by atoms with E-state index in [9.17, 15) is 4.79 Å². The van der Waals surface area contributed by atoms with E-state index in [0.717, 1.165) is 24.2 Å². The van der Waals surface area contributed by atoms with Gasteiger partial charge in [0.05, 0.1) is 12.6 Å². The molecule has 1 atom stereocenters. The van der Waals surface area contributed by atoms with Gasteiger partial charge in [-0.3, -0.25) is 4.79 Å². The van der Waals surface area contributed by atoms with Crippen LogP contribution in [0.1, 0.15) is 54.7 Å².